The maximum absolute atomic E-state index is 5.11. The fourth-order valence-corrected chi connectivity index (χ4v) is 0.517. The Kier molecular flexibility index (Phi) is 21.4. The highest BCUT2D eigenvalue weighted by Gasteiger charge is 1.85. The van der Waals surface area contributed by atoms with Crippen LogP contribution in [0.4, 0.5) is 0 Å². The molecule has 1 nitrogen and oxygen atoms in total. The normalized spacial score (nSPS) is 8.44. The second-order valence-corrected chi connectivity index (χ2v) is 4.66. The highest BCUT2D eigenvalue weighted by molar-refractivity contribution is 5.31. The summed E-state index contributed by atoms with van der Waals surface area (Å²) in [6.45, 7) is 12.7. The molecule has 0 atom stereocenters. The van der Waals surface area contributed by atoms with Crippen molar-refractivity contribution >= 4 is 0 Å². The molecule has 0 aromatic heterocycles. The van der Waals surface area contributed by atoms with Gasteiger partial charge >= 0.3 is 0 Å². The molecule has 0 aliphatic rings. The van der Waals surface area contributed by atoms with Crippen molar-refractivity contribution in [2.75, 3.05) is 0 Å². The van der Waals surface area contributed by atoms with Gasteiger partial charge in [0.2, 0.25) is 0 Å². The van der Waals surface area contributed by atoms with Crippen LogP contribution < -0.4 is 5.73 Å². The summed E-state index contributed by atoms with van der Waals surface area (Å²) in [7, 11) is 0. The summed E-state index contributed by atoms with van der Waals surface area (Å²) < 4.78 is 0. The van der Waals surface area contributed by atoms with Gasteiger partial charge in [0.1, 0.15) is 0 Å². The van der Waals surface area contributed by atoms with Crippen molar-refractivity contribution in [2.45, 2.75) is 47.6 Å². The number of hydrogen-bond acceptors (Lipinski definition) is 1. The molecule has 0 fully saturated rings. The van der Waals surface area contributed by atoms with Crippen LogP contribution in [0.5, 0.6) is 0 Å². The van der Waals surface area contributed by atoms with Crippen LogP contribution in [0.25, 0.3) is 0 Å². The Morgan fingerprint density at radius 3 is 1.11 bits per heavy atom. The molecule has 0 spiro atoms. The first kappa shape index (κ1) is 21.6. The van der Waals surface area contributed by atoms with E-state index in [0.717, 1.165) is 0 Å². The van der Waals surface area contributed by atoms with Crippen molar-refractivity contribution in [2.24, 2.45) is 17.6 Å². The average Bonchev–Trinajstić information content (AvgIpc) is 2.23. The lowest BCUT2D eigenvalue weighted by atomic mass is 10.1. The van der Waals surface area contributed by atoms with Gasteiger partial charge in [-0.25, -0.2) is 0 Å². The van der Waals surface area contributed by atoms with Gasteiger partial charge in [-0.1, -0.05) is 53.7 Å². The van der Waals surface area contributed by atoms with E-state index in [0.29, 0.717) is 17.9 Å². The Morgan fingerprint density at radius 1 is 0.778 bits per heavy atom. The number of allylic oxidation sites excluding steroid dienone is 2. The maximum atomic E-state index is 5.11. The fourth-order valence-electron chi connectivity index (χ4n) is 0.517. The molecule has 0 aromatic carbocycles. The van der Waals surface area contributed by atoms with E-state index >= 15 is 0 Å². The van der Waals surface area contributed by atoms with Gasteiger partial charge in [0, 0.05) is 0 Å². The van der Waals surface area contributed by atoms with E-state index in [1.807, 2.05) is 13.8 Å². The van der Waals surface area contributed by atoms with Gasteiger partial charge in [-0.05, 0) is 41.6 Å². The predicted octanol–water partition coefficient (Wildman–Crippen LogP) is 3.46. The third kappa shape index (κ3) is 63.2. The van der Waals surface area contributed by atoms with Crippen LogP contribution in [-0.2, 0) is 0 Å². The lowest BCUT2D eigenvalue weighted by molar-refractivity contribution is 0.780. The van der Waals surface area contributed by atoms with Crippen LogP contribution in [-0.4, -0.2) is 6.04 Å². The van der Waals surface area contributed by atoms with E-state index in [4.69, 9.17) is 18.6 Å². The second kappa shape index (κ2) is 17.8. The van der Waals surface area contributed by atoms with E-state index in [-0.39, 0.29) is 0 Å². The zero-order chi connectivity index (χ0) is 15.0. The molecule has 0 heterocycles. The summed E-state index contributed by atoms with van der Waals surface area (Å²) in [5.41, 5.74) is 5.11. The summed E-state index contributed by atoms with van der Waals surface area (Å²) in [5, 5.41) is 0. The van der Waals surface area contributed by atoms with Gasteiger partial charge in [0.25, 0.3) is 0 Å². The quantitative estimate of drug-likeness (QED) is 0.585. The third-order valence-electron chi connectivity index (χ3n) is 1.09. The van der Waals surface area contributed by atoms with Crippen LogP contribution in [0.3, 0.4) is 0 Å². The van der Waals surface area contributed by atoms with Crippen molar-refractivity contribution in [1.82, 2.24) is 0 Å². The molecule has 100 valence electrons. The highest BCUT2D eigenvalue weighted by atomic mass is 14.6. The minimum Gasteiger partial charge on any atom is -0.328 e. The van der Waals surface area contributed by atoms with E-state index in [9.17, 15) is 0 Å². The first-order chi connectivity index (χ1) is 8.27. The lowest BCUT2D eigenvalue weighted by Gasteiger charge is -1.95. The van der Waals surface area contributed by atoms with E-state index < -0.39 is 0 Å². The monoisotopic (exact) mass is 245 g/mol. The van der Waals surface area contributed by atoms with Crippen LogP contribution in [0, 0.1) is 48.4 Å². The molecule has 2 N–H and O–H groups in total. The molecule has 0 rings (SSSR count). The molecule has 0 aliphatic carbocycles. The second-order valence-electron chi connectivity index (χ2n) is 4.66. The first-order valence-electron chi connectivity index (χ1n) is 6.12. The van der Waals surface area contributed by atoms with Crippen LogP contribution in [0.15, 0.2) is 12.2 Å². The van der Waals surface area contributed by atoms with Crippen molar-refractivity contribution in [1.29, 1.82) is 0 Å². The smallest absolute Gasteiger partial charge is 0.00134 e. The van der Waals surface area contributed by atoms with Gasteiger partial charge in [-0.3, -0.25) is 0 Å². The summed E-state index contributed by atoms with van der Waals surface area (Å²) >= 11 is 0. The molecule has 0 saturated heterocycles. The maximum Gasteiger partial charge on any atom is -0.00134 e. The van der Waals surface area contributed by atoms with Crippen LogP contribution in [0.1, 0.15) is 41.5 Å². The first-order valence-corrected chi connectivity index (χ1v) is 6.12. The topological polar surface area (TPSA) is 26.0 Å². The Morgan fingerprint density at radius 2 is 1.00 bits per heavy atom. The van der Waals surface area contributed by atoms with Gasteiger partial charge in [-0.2, -0.15) is 0 Å². The molecular weight excluding hydrogens is 218 g/mol. The van der Waals surface area contributed by atoms with Crippen LogP contribution >= 0.6 is 0 Å². The molecule has 1 heteroatoms. The van der Waals surface area contributed by atoms with E-state index in [1.54, 1.807) is 0 Å². The summed E-state index contributed by atoms with van der Waals surface area (Å²) in [4.78, 5) is 0. The molecular formula is C17H27N. The van der Waals surface area contributed by atoms with Crippen molar-refractivity contribution < 1.29 is 0 Å². The Balaban J connectivity index is -0.000000200. The molecule has 0 saturated carbocycles. The van der Waals surface area contributed by atoms with E-state index in [1.165, 1.54) is 0 Å². The molecule has 0 amide bonds. The largest absolute Gasteiger partial charge is 0.328 e. The van der Waals surface area contributed by atoms with Gasteiger partial charge in [0.15, 0.2) is 0 Å². The van der Waals surface area contributed by atoms with Crippen molar-refractivity contribution in [3.63, 3.8) is 0 Å². The number of nitrogens with two attached hydrogens (primary N) is 1. The number of hydrogen-bond donors (Lipinski definition) is 1. The van der Waals surface area contributed by atoms with Gasteiger partial charge in [-0.15, -0.1) is 12.8 Å². The lowest BCUT2D eigenvalue weighted by Crippen LogP contribution is -2.06. The van der Waals surface area contributed by atoms with Gasteiger partial charge < -0.3 is 5.73 Å². The molecule has 0 bridgehead atoms. The molecule has 0 aromatic rings. The predicted molar refractivity (Wildman–Crippen MR) is 83.6 cm³/mol. The minimum absolute atomic E-state index is 0.333. The highest BCUT2D eigenvalue weighted by Crippen LogP contribution is 1.99. The van der Waals surface area contributed by atoms with Crippen molar-refractivity contribution in [3.8, 4) is 36.5 Å². The fraction of sp³-hybridized carbons (Fsp3) is 0.529. The summed E-state index contributed by atoms with van der Waals surface area (Å²) in [6.07, 6.45) is 13.9. The standard InChI is InChI=1S/C8H16.C6H2.C3H9N/c1-7(2)5-6-8(3)4;1-3-5-6-4-2;1-3(2)4/h5-8H,1-4H3;1-2H;3H,4H2,1-2H3/b6-5-;;. The van der Waals surface area contributed by atoms with E-state index in [2.05, 4.69) is 63.5 Å². The minimum atomic E-state index is 0.333. The van der Waals surface area contributed by atoms with Gasteiger partial charge in [0.05, 0.1) is 0 Å². The summed E-state index contributed by atoms with van der Waals surface area (Å²) in [5.74, 6) is 10.0. The molecule has 0 unspecified atom stereocenters. The number of terminal acetylenes is 2. The average molecular weight is 245 g/mol. The summed E-state index contributed by atoms with van der Waals surface area (Å²) in [6, 6.07) is 0.333. The third-order valence-corrected chi connectivity index (χ3v) is 1.09. The molecule has 18 heavy (non-hydrogen) atoms. The Labute approximate surface area is 114 Å². The zero-order valence-electron chi connectivity index (χ0n) is 12.6. The molecule has 0 aliphatic heterocycles. The SMILES string of the molecule is C#CC#CC#C.CC(C)/C=C\C(C)C.CC(C)N. The molecule has 0 radical (unpaired) electrons. The van der Waals surface area contributed by atoms with Crippen LogP contribution in [0.2, 0.25) is 0 Å². The zero-order valence-corrected chi connectivity index (χ0v) is 12.6. The number of rotatable bonds is 2. The Bertz CT molecular complexity index is 291. The van der Waals surface area contributed by atoms with Crippen molar-refractivity contribution in [3.05, 3.63) is 12.2 Å². The Hall–Kier alpha value is -1.62.